The molecule has 1 atom stereocenters. The number of nitrogens with zero attached hydrogens (tertiary/aromatic N) is 2. The number of rotatable bonds is 4. The van der Waals surface area contributed by atoms with E-state index >= 15 is 0 Å². The second-order valence-electron chi connectivity index (χ2n) is 9.44. The Hall–Kier alpha value is -4.40. The smallest absolute Gasteiger partial charge is 0.178 e. The van der Waals surface area contributed by atoms with Gasteiger partial charge in [-0.3, -0.25) is 0 Å². The fraction of sp³-hybridized carbons (Fsp3) is 0.0606. The molecule has 38 heavy (non-hydrogen) atoms. The number of hydrogen-bond donors (Lipinski definition) is 0. The lowest BCUT2D eigenvalue weighted by molar-refractivity contribution is 0.485. The Morgan fingerprint density at radius 1 is 0.684 bits per heavy atom. The van der Waals surface area contributed by atoms with Crippen LogP contribution in [0.5, 0.6) is 11.5 Å². The molecule has 1 unspecified atom stereocenters. The summed E-state index contributed by atoms with van der Waals surface area (Å²) in [6.07, 6.45) is 0. The highest BCUT2D eigenvalue weighted by Crippen LogP contribution is 2.52. The van der Waals surface area contributed by atoms with E-state index < -0.39 is 7.14 Å². The molecular formula is C33H25N2O2P. The monoisotopic (exact) mass is 512 g/mol. The van der Waals surface area contributed by atoms with Crippen molar-refractivity contribution >= 4 is 34.1 Å². The number of aryl methyl sites for hydroxylation is 1. The van der Waals surface area contributed by atoms with Crippen molar-refractivity contribution in [3.8, 4) is 34.0 Å². The number of fused-ring (bicyclic) bond motifs is 3. The molecule has 5 heteroatoms. The second kappa shape index (κ2) is 8.86. The van der Waals surface area contributed by atoms with Crippen molar-refractivity contribution in [1.82, 2.24) is 9.55 Å². The first-order valence-electron chi connectivity index (χ1n) is 12.8. The molecule has 6 aromatic rings. The van der Waals surface area contributed by atoms with Crippen LogP contribution in [0, 0.1) is 0 Å². The van der Waals surface area contributed by atoms with Gasteiger partial charge < -0.3 is 13.9 Å². The summed E-state index contributed by atoms with van der Waals surface area (Å²) in [5, 5.41) is 2.28. The van der Waals surface area contributed by atoms with Crippen molar-refractivity contribution in [2.45, 2.75) is 13.5 Å². The Labute approximate surface area is 221 Å². The van der Waals surface area contributed by atoms with Gasteiger partial charge in [0, 0.05) is 17.4 Å². The van der Waals surface area contributed by atoms with Gasteiger partial charge in [-0.15, -0.1) is 0 Å². The minimum atomic E-state index is -3.12. The van der Waals surface area contributed by atoms with Gasteiger partial charge in [0.15, 0.2) is 7.14 Å². The van der Waals surface area contributed by atoms with E-state index in [1.807, 2.05) is 78.9 Å². The molecule has 1 aliphatic rings. The molecule has 0 saturated heterocycles. The molecule has 7 rings (SSSR count). The number of para-hydroxylation sites is 3. The van der Waals surface area contributed by atoms with Gasteiger partial charge in [0.25, 0.3) is 0 Å². The van der Waals surface area contributed by atoms with Crippen LogP contribution in [-0.4, -0.2) is 9.55 Å². The molecule has 5 aromatic carbocycles. The zero-order valence-electron chi connectivity index (χ0n) is 20.9. The Morgan fingerprint density at radius 3 is 2.16 bits per heavy atom. The molecule has 1 aromatic heterocycles. The maximum absolute atomic E-state index is 15.0. The van der Waals surface area contributed by atoms with Gasteiger partial charge in [-0.2, -0.15) is 0 Å². The first kappa shape index (κ1) is 22.8. The Kier molecular flexibility index (Phi) is 5.31. The van der Waals surface area contributed by atoms with Crippen LogP contribution in [-0.2, 0) is 11.1 Å². The summed E-state index contributed by atoms with van der Waals surface area (Å²) in [4.78, 5) is 4.90. The highest BCUT2D eigenvalue weighted by molar-refractivity contribution is 7.85. The van der Waals surface area contributed by atoms with E-state index in [-0.39, 0.29) is 0 Å². The van der Waals surface area contributed by atoms with Crippen LogP contribution in [0.4, 0.5) is 0 Å². The van der Waals surface area contributed by atoms with E-state index in [1.165, 1.54) is 0 Å². The highest BCUT2D eigenvalue weighted by Gasteiger charge is 2.39. The number of aromatic nitrogens is 2. The Morgan fingerprint density at radius 2 is 1.34 bits per heavy atom. The Balaban J connectivity index is 1.33. The lowest BCUT2D eigenvalue weighted by Gasteiger charge is -2.29. The molecule has 0 saturated carbocycles. The highest BCUT2D eigenvalue weighted by atomic mass is 31.2. The maximum atomic E-state index is 15.0. The van der Waals surface area contributed by atoms with Crippen molar-refractivity contribution < 1.29 is 9.30 Å². The van der Waals surface area contributed by atoms with Gasteiger partial charge in [-0.25, -0.2) is 4.98 Å². The number of ether oxygens (including phenoxy) is 1. The van der Waals surface area contributed by atoms with Crippen molar-refractivity contribution in [2.24, 2.45) is 0 Å². The lowest BCUT2D eigenvalue weighted by atomic mass is 10.0. The molecule has 2 heterocycles. The predicted octanol–water partition coefficient (Wildman–Crippen LogP) is 7.14. The Bertz CT molecular complexity index is 1860. The standard InChI is InChI=1S/C33H25N2O2P/c1-2-35-28-13-7-6-12-27(28)34-33(35)24-18-16-23(17-19-24)25-20-21-30-32(22-25)38(36,26-10-4-3-5-11-26)31-15-9-8-14-29(31)37-30/h3-22H,2H2,1H3. The molecular weight excluding hydrogens is 487 g/mol. The molecule has 0 bridgehead atoms. The summed E-state index contributed by atoms with van der Waals surface area (Å²) in [6.45, 7) is 2.99. The van der Waals surface area contributed by atoms with Crippen molar-refractivity contribution in [2.75, 3.05) is 0 Å². The third-order valence-corrected chi connectivity index (χ3v) is 10.4. The van der Waals surface area contributed by atoms with Crippen LogP contribution in [0.25, 0.3) is 33.5 Å². The topological polar surface area (TPSA) is 44.1 Å². The molecule has 0 spiro atoms. The SMILES string of the molecule is CCn1c(-c2ccc(-c3ccc4c(c3)P(=O)(c3ccccc3)c3ccccc3O4)cc2)nc2ccccc21. The summed E-state index contributed by atoms with van der Waals surface area (Å²) < 4.78 is 23.4. The van der Waals surface area contributed by atoms with Crippen LogP contribution in [0.1, 0.15) is 6.92 Å². The van der Waals surface area contributed by atoms with Gasteiger partial charge in [0.1, 0.15) is 17.3 Å². The molecule has 0 radical (unpaired) electrons. The minimum Gasteiger partial charge on any atom is -0.456 e. The molecule has 1 aliphatic heterocycles. The maximum Gasteiger partial charge on any atom is 0.178 e. The third kappa shape index (κ3) is 3.45. The molecule has 0 aliphatic carbocycles. The van der Waals surface area contributed by atoms with E-state index in [9.17, 15) is 4.57 Å². The van der Waals surface area contributed by atoms with E-state index in [0.717, 1.165) is 56.0 Å². The van der Waals surface area contributed by atoms with E-state index in [2.05, 4.69) is 54.0 Å². The summed E-state index contributed by atoms with van der Waals surface area (Å²) >= 11 is 0. The predicted molar refractivity (Wildman–Crippen MR) is 156 cm³/mol. The van der Waals surface area contributed by atoms with Crippen LogP contribution in [0.15, 0.2) is 121 Å². The van der Waals surface area contributed by atoms with Gasteiger partial charge in [-0.05, 0) is 54.4 Å². The number of imidazole rings is 1. The third-order valence-electron chi connectivity index (χ3n) is 7.29. The summed E-state index contributed by atoms with van der Waals surface area (Å²) in [5.74, 6) is 2.26. The van der Waals surface area contributed by atoms with Crippen LogP contribution in [0.3, 0.4) is 0 Å². The van der Waals surface area contributed by atoms with Crippen LogP contribution < -0.4 is 20.7 Å². The van der Waals surface area contributed by atoms with E-state index in [4.69, 9.17) is 9.72 Å². The lowest BCUT2D eigenvalue weighted by Crippen LogP contribution is -2.30. The molecule has 0 amide bonds. The first-order chi connectivity index (χ1) is 18.7. The van der Waals surface area contributed by atoms with Crippen LogP contribution >= 0.6 is 7.14 Å². The van der Waals surface area contributed by atoms with Gasteiger partial charge in [-0.1, -0.05) is 84.9 Å². The van der Waals surface area contributed by atoms with Crippen LogP contribution in [0.2, 0.25) is 0 Å². The fourth-order valence-electron chi connectivity index (χ4n) is 5.43. The van der Waals surface area contributed by atoms with Crippen molar-refractivity contribution in [3.63, 3.8) is 0 Å². The summed E-state index contributed by atoms with van der Waals surface area (Å²) in [5.41, 5.74) is 5.25. The zero-order chi connectivity index (χ0) is 25.7. The molecule has 4 nitrogen and oxygen atoms in total. The summed E-state index contributed by atoms with van der Waals surface area (Å²) in [6, 6.07) is 40.1. The number of benzene rings is 5. The molecule has 184 valence electrons. The number of hydrogen-bond acceptors (Lipinski definition) is 3. The quantitative estimate of drug-likeness (QED) is 0.236. The molecule has 0 N–H and O–H groups in total. The van der Waals surface area contributed by atoms with E-state index in [1.54, 1.807) is 0 Å². The first-order valence-corrected chi connectivity index (χ1v) is 14.5. The average molecular weight is 513 g/mol. The normalized spacial score (nSPS) is 16.0. The van der Waals surface area contributed by atoms with Crippen molar-refractivity contribution in [1.29, 1.82) is 0 Å². The average Bonchev–Trinajstić information content (AvgIpc) is 3.36. The van der Waals surface area contributed by atoms with Gasteiger partial charge >= 0.3 is 0 Å². The second-order valence-corrected chi connectivity index (χ2v) is 12.1. The van der Waals surface area contributed by atoms with E-state index in [0.29, 0.717) is 11.5 Å². The van der Waals surface area contributed by atoms with Gasteiger partial charge in [0.05, 0.1) is 21.6 Å². The largest absolute Gasteiger partial charge is 0.456 e. The summed E-state index contributed by atoms with van der Waals surface area (Å²) in [7, 11) is -3.12. The van der Waals surface area contributed by atoms with Crippen molar-refractivity contribution in [3.05, 3.63) is 121 Å². The fourth-order valence-corrected chi connectivity index (χ4v) is 8.31. The van der Waals surface area contributed by atoms with Gasteiger partial charge in [0.2, 0.25) is 0 Å². The molecule has 0 fully saturated rings. The zero-order valence-corrected chi connectivity index (χ0v) is 21.8. The minimum absolute atomic E-state index is 0.646.